The number of hydrogen-bond acceptors (Lipinski definition) is 4. The number of rotatable bonds is 8. The molecular weight excluding hydrogens is 421 g/mol. The van der Waals surface area contributed by atoms with Crippen molar-refractivity contribution in [2.45, 2.75) is 31.1 Å². The van der Waals surface area contributed by atoms with Gasteiger partial charge in [-0.05, 0) is 42.8 Å². The summed E-state index contributed by atoms with van der Waals surface area (Å²) in [5.74, 6) is -1.84. The molecule has 7 nitrogen and oxygen atoms in total. The summed E-state index contributed by atoms with van der Waals surface area (Å²) in [5.41, 5.74) is 0.585. The van der Waals surface area contributed by atoms with Crippen molar-refractivity contribution >= 4 is 33.2 Å². The second-order valence-corrected chi connectivity index (χ2v) is 9.60. The monoisotopic (exact) mass is 447 g/mol. The Labute approximate surface area is 181 Å². The van der Waals surface area contributed by atoms with Gasteiger partial charge in [0.2, 0.25) is 21.8 Å². The molecule has 0 aromatic heterocycles. The first kappa shape index (κ1) is 22.9. The van der Waals surface area contributed by atoms with Crippen LogP contribution < -0.4 is 10.2 Å². The molecule has 0 radical (unpaired) electrons. The van der Waals surface area contributed by atoms with E-state index in [9.17, 15) is 22.4 Å². The lowest BCUT2D eigenvalue weighted by Gasteiger charge is -2.18. The minimum atomic E-state index is -3.59. The van der Waals surface area contributed by atoms with Crippen molar-refractivity contribution in [1.29, 1.82) is 0 Å². The molecule has 0 bridgehead atoms. The molecule has 2 aromatic rings. The Kier molecular flexibility index (Phi) is 7.07. The van der Waals surface area contributed by atoms with Gasteiger partial charge >= 0.3 is 0 Å². The molecule has 166 valence electrons. The lowest BCUT2D eigenvalue weighted by atomic mass is 10.1. The van der Waals surface area contributed by atoms with Crippen LogP contribution in [0.15, 0.2) is 53.4 Å². The smallest absolute Gasteiger partial charge is 0.242 e. The van der Waals surface area contributed by atoms with Gasteiger partial charge in [0, 0.05) is 32.2 Å². The second-order valence-electron chi connectivity index (χ2n) is 7.55. The third kappa shape index (κ3) is 5.11. The van der Waals surface area contributed by atoms with Crippen molar-refractivity contribution < 1.29 is 22.4 Å². The molecule has 9 heteroatoms. The van der Waals surface area contributed by atoms with Crippen LogP contribution in [0, 0.1) is 11.7 Å². The Morgan fingerprint density at radius 2 is 1.87 bits per heavy atom. The second kappa shape index (κ2) is 9.57. The van der Waals surface area contributed by atoms with Crippen LogP contribution in [-0.2, 0) is 19.6 Å². The average Bonchev–Trinajstić information content (AvgIpc) is 3.14. The summed E-state index contributed by atoms with van der Waals surface area (Å²) >= 11 is 0. The standard InChI is InChI=1S/C22H26FN3O4S/c1-3-4-13-25(2)31(29,30)18-11-9-17(10-12-18)24-22(28)16-14-21(27)26(15-16)20-8-6-5-7-19(20)23/h5-12,16H,3-4,13-15H2,1-2H3,(H,24,28). The Hall–Kier alpha value is -2.78. The average molecular weight is 448 g/mol. The largest absolute Gasteiger partial charge is 0.326 e. The zero-order valence-electron chi connectivity index (χ0n) is 17.5. The topological polar surface area (TPSA) is 86.8 Å². The number of hydrogen-bond donors (Lipinski definition) is 1. The van der Waals surface area contributed by atoms with Gasteiger partial charge in [0.15, 0.2) is 0 Å². The molecule has 0 saturated carbocycles. The molecule has 1 aliphatic rings. The predicted octanol–water partition coefficient (Wildman–Crippen LogP) is 3.24. The van der Waals surface area contributed by atoms with Crippen LogP contribution in [0.25, 0.3) is 0 Å². The normalized spacial score (nSPS) is 16.7. The van der Waals surface area contributed by atoms with E-state index in [1.807, 2.05) is 6.92 Å². The van der Waals surface area contributed by atoms with Gasteiger partial charge in [-0.25, -0.2) is 17.1 Å². The van der Waals surface area contributed by atoms with Crippen molar-refractivity contribution in [3.05, 3.63) is 54.3 Å². The number of carbonyl (C=O) groups is 2. The van der Waals surface area contributed by atoms with E-state index in [1.54, 1.807) is 13.1 Å². The molecule has 1 fully saturated rings. The lowest BCUT2D eigenvalue weighted by molar-refractivity contribution is -0.122. The first-order chi connectivity index (χ1) is 14.7. The molecule has 1 heterocycles. The Balaban J connectivity index is 1.65. The Bertz CT molecular complexity index is 1060. The number of carbonyl (C=O) groups excluding carboxylic acids is 2. The number of benzene rings is 2. The van der Waals surface area contributed by atoms with E-state index in [1.165, 1.54) is 51.7 Å². The van der Waals surface area contributed by atoms with Crippen LogP contribution in [0.5, 0.6) is 0 Å². The summed E-state index contributed by atoms with van der Waals surface area (Å²) in [4.78, 5) is 26.3. The van der Waals surface area contributed by atoms with Crippen LogP contribution in [-0.4, -0.2) is 44.7 Å². The Morgan fingerprint density at radius 1 is 1.19 bits per heavy atom. The number of sulfonamides is 1. The van der Waals surface area contributed by atoms with Crippen LogP contribution in [0.1, 0.15) is 26.2 Å². The van der Waals surface area contributed by atoms with E-state index < -0.39 is 21.8 Å². The SMILES string of the molecule is CCCCN(C)S(=O)(=O)c1ccc(NC(=O)C2CC(=O)N(c3ccccc3F)C2)cc1. The summed E-state index contributed by atoms with van der Waals surface area (Å²) in [6.07, 6.45) is 1.64. The zero-order chi connectivity index (χ0) is 22.6. The minimum Gasteiger partial charge on any atom is -0.326 e. The lowest BCUT2D eigenvalue weighted by Crippen LogP contribution is -2.29. The number of para-hydroxylation sites is 1. The summed E-state index contributed by atoms with van der Waals surface area (Å²) < 4.78 is 40.5. The summed E-state index contributed by atoms with van der Waals surface area (Å²) in [7, 11) is -2.05. The maximum atomic E-state index is 14.0. The van der Waals surface area contributed by atoms with Gasteiger partial charge in [-0.2, -0.15) is 0 Å². The molecule has 1 N–H and O–H groups in total. The van der Waals surface area contributed by atoms with Crippen molar-refractivity contribution in [2.24, 2.45) is 5.92 Å². The molecule has 3 rings (SSSR count). The van der Waals surface area contributed by atoms with Gasteiger partial charge in [0.25, 0.3) is 0 Å². The molecule has 1 atom stereocenters. The minimum absolute atomic E-state index is 0.0190. The zero-order valence-corrected chi connectivity index (χ0v) is 18.4. The molecular formula is C22H26FN3O4S. The van der Waals surface area contributed by atoms with Gasteiger partial charge in [-0.3, -0.25) is 9.59 Å². The highest BCUT2D eigenvalue weighted by Crippen LogP contribution is 2.28. The van der Waals surface area contributed by atoms with Gasteiger partial charge < -0.3 is 10.2 Å². The molecule has 2 aromatic carbocycles. The molecule has 31 heavy (non-hydrogen) atoms. The number of halogens is 1. The van der Waals surface area contributed by atoms with E-state index in [0.717, 1.165) is 12.8 Å². The van der Waals surface area contributed by atoms with Gasteiger partial charge in [-0.1, -0.05) is 25.5 Å². The number of nitrogens with zero attached hydrogens (tertiary/aromatic N) is 2. The fourth-order valence-electron chi connectivity index (χ4n) is 3.42. The maximum Gasteiger partial charge on any atom is 0.242 e. The predicted molar refractivity (Wildman–Crippen MR) is 117 cm³/mol. The van der Waals surface area contributed by atoms with Gasteiger partial charge in [0.1, 0.15) is 5.82 Å². The highest BCUT2D eigenvalue weighted by Gasteiger charge is 2.36. The van der Waals surface area contributed by atoms with E-state index in [-0.39, 0.29) is 35.4 Å². The number of unbranched alkanes of at least 4 members (excludes halogenated alkanes) is 1. The van der Waals surface area contributed by atoms with Crippen molar-refractivity contribution in [3.8, 4) is 0 Å². The Morgan fingerprint density at radius 3 is 2.52 bits per heavy atom. The first-order valence-corrected chi connectivity index (χ1v) is 11.6. The fraction of sp³-hybridized carbons (Fsp3) is 0.364. The van der Waals surface area contributed by atoms with Gasteiger partial charge in [0.05, 0.1) is 16.5 Å². The van der Waals surface area contributed by atoms with E-state index in [4.69, 9.17) is 0 Å². The van der Waals surface area contributed by atoms with Crippen molar-refractivity contribution in [2.75, 3.05) is 30.4 Å². The molecule has 0 spiro atoms. The van der Waals surface area contributed by atoms with E-state index >= 15 is 0 Å². The third-order valence-electron chi connectivity index (χ3n) is 5.30. The van der Waals surface area contributed by atoms with Gasteiger partial charge in [-0.15, -0.1) is 0 Å². The quantitative estimate of drug-likeness (QED) is 0.673. The number of nitrogens with one attached hydrogen (secondary N) is 1. The number of anilines is 2. The molecule has 2 amide bonds. The van der Waals surface area contributed by atoms with Crippen LogP contribution >= 0.6 is 0 Å². The first-order valence-electron chi connectivity index (χ1n) is 10.2. The summed E-state index contributed by atoms with van der Waals surface area (Å²) in [6.45, 7) is 2.51. The fourth-order valence-corrected chi connectivity index (χ4v) is 4.63. The maximum absolute atomic E-state index is 14.0. The number of amides is 2. The molecule has 1 saturated heterocycles. The highest BCUT2D eigenvalue weighted by atomic mass is 32.2. The van der Waals surface area contributed by atoms with Crippen LogP contribution in [0.3, 0.4) is 0 Å². The van der Waals surface area contributed by atoms with E-state index in [2.05, 4.69) is 5.32 Å². The van der Waals surface area contributed by atoms with Crippen LogP contribution in [0.2, 0.25) is 0 Å². The third-order valence-corrected chi connectivity index (χ3v) is 7.17. The van der Waals surface area contributed by atoms with Crippen molar-refractivity contribution in [1.82, 2.24) is 4.31 Å². The summed E-state index contributed by atoms with van der Waals surface area (Å²) in [6, 6.07) is 11.9. The summed E-state index contributed by atoms with van der Waals surface area (Å²) in [5, 5.41) is 2.71. The molecule has 0 aliphatic carbocycles. The van der Waals surface area contributed by atoms with Crippen LogP contribution in [0.4, 0.5) is 15.8 Å². The highest BCUT2D eigenvalue weighted by molar-refractivity contribution is 7.89. The van der Waals surface area contributed by atoms with Crippen molar-refractivity contribution in [3.63, 3.8) is 0 Å². The molecule has 1 unspecified atom stereocenters. The molecule has 1 aliphatic heterocycles. The van der Waals surface area contributed by atoms with E-state index in [0.29, 0.717) is 12.2 Å².